The molecule has 0 radical (unpaired) electrons. The number of fused-ring (bicyclic) bond motifs is 3. The van der Waals surface area contributed by atoms with Gasteiger partial charge in [-0.25, -0.2) is 0 Å². The molecule has 2 aromatic rings. The van der Waals surface area contributed by atoms with Gasteiger partial charge in [-0.3, -0.25) is 0 Å². The first-order valence-corrected chi connectivity index (χ1v) is 6.96. The van der Waals surface area contributed by atoms with Crippen LogP contribution in [-0.4, -0.2) is 16.3 Å². The Labute approximate surface area is 117 Å². The fourth-order valence-corrected chi connectivity index (χ4v) is 3.76. The van der Waals surface area contributed by atoms with E-state index in [1.165, 1.54) is 5.69 Å². The molecule has 0 saturated carbocycles. The van der Waals surface area contributed by atoms with E-state index in [9.17, 15) is 5.11 Å². The van der Waals surface area contributed by atoms with Gasteiger partial charge in [-0.2, -0.15) is 0 Å². The number of benzene rings is 1. The molecule has 2 heterocycles. The number of aliphatic hydroxyl groups excluding tert-OH is 1. The van der Waals surface area contributed by atoms with Crippen LogP contribution < -0.4 is 0 Å². The molecule has 0 aliphatic carbocycles. The Morgan fingerprint density at radius 3 is 2.88 bits per heavy atom. The molecule has 5 heteroatoms. The molecule has 2 nitrogen and oxygen atoms in total. The average molecular weight is 335 g/mol. The molecule has 0 fully saturated rings. The maximum Gasteiger partial charge on any atom is 0.0687 e. The van der Waals surface area contributed by atoms with Crippen LogP contribution in [0.4, 0.5) is 0 Å². The van der Waals surface area contributed by atoms with Crippen LogP contribution in [0.25, 0.3) is 10.9 Å². The maximum absolute atomic E-state index is 9.41. The summed E-state index contributed by atoms with van der Waals surface area (Å²) >= 11 is 15.8. The SMILES string of the molecule is OCC1CCc2cc3c(Cl)c(Cl)cc(Br)c3n21. The summed E-state index contributed by atoms with van der Waals surface area (Å²) in [7, 11) is 0. The zero-order valence-corrected chi connectivity index (χ0v) is 12.0. The lowest BCUT2D eigenvalue weighted by molar-refractivity contribution is 0.235. The first kappa shape index (κ1) is 11.8. The minimum Gasteiger partial charge on any atom is -0.394 e. The highest BCUT2D eigenvalue weighted by atomic mass is 79.9. The molecule has 1 aliphatic rings. The Morgan fingerprint density at radius 1 is 1.41 bits per heavy atom. The highest BCUT2D eigenvalue weighted by molar-refractivity contribution is 9.10. The highest BCUT2D eigenvalue weighted by Crippen LogP contribution is 2.42. The zero-order chi connectivity index (χ0) is 12.2. The van der Waals surface area contributed by atoms with Gasteiger partial charge in [0.1, 0.15) is 0 Å². The van der Waals surface area contributed by atoms with Crippen molar-refractivity contribution in [1.29, 1.82) is 0 Å². The topological polar surface area (TPSA) is 25.2 Å². The number of hydrogen-bond donors (Lipinski definition) is 1. The lowest BCUT2D eigenvalue weighted by Crippen LogP contribution is -2.08. The summed E-state index contributed by atoms with van der Waals surface area (Å²) in [5.41, 5.74) is 2.25. The molecule has 0 spiro atoms. The van der Waals surface area contributed by atoms with Gasteiger partial charge in [0, 0.05) is 15.6 Å². The van der Waals surface area contributed by atoms with Crippen molar-refractivity contribution < 1.29 is 5.11 Å². The van der Waals surface area contributed by atoms with Crippen LogP contribution >= 0.6 is 39.1 Å². The van der Waals surface area contributed by atoms with Crippen molar-refractivity contribution in [1.82, 2.24) is 4.57 Å². The molecule has 0 amide bonds. The summed E-state index contributed by atoms with van der Waals surface area (Å²) in [6.07, 6.45) is 1.95. The van der Waals surface area contributed by atoms with Gasteiger partial charge in [-0.15, -0.1) is 0 Å². The summed E-state index contributed by atoms with van der Waals surface area (Å²) < 4.78 is 3.09. The smallest absolute Gasteiger partial charge is 0.0687 e. The van der Waals surface area contributed by atoms with Crippen molar-refractivity contribution in [2.24, 2.45) is 0 Å². The molecule has 1 unspecified atom stereocenters. The summed E-state index contributed by atoms with van der Waals surface area (Å²) in [4.78, 5) is 0. The Morgan fingerprint density at radius 2 is 2.18 bits per heavy atom. The van der Waals surface area contributed by atoms with Crippen molar-refractivity contribution in [3.8, 4) is 0 Å². The fourth-order valence-electron chi connectivity index (χ4n) is 2.59. The third kappa shape index (κ3) is 1.64. The van der Waals surface area contributed by atoms with E-state index in [1.807, 2.05) is 6.07 Å². The molecule has 0 bridgehead atoms. The number of hydrogen-bond acceptors (Lipinski definition) is 1. The normalized spacial score (nSPS) is 18.9. The number of aromatic nitrogens is 1. The third-order valence-electron chi connectivity index (χ3n) is 3.35. The summed E-state index contributed by atoms with van der Waals surface area (Å²) in [6, 6.07) is 4.03. The fraction of sp³-hybridized carbons (Fsp3) is 0.333. The minimum atomic E-state index is 0.149. The molecule has 3 rings (SSSR count). The highest BCUT2D eigenvalue weighted by Gasteiger charge is 2.26. The second-order valence-electron chi connectivity index (χ2n) is 4.30. The lowest BCUT2D eigenvalue weighted by atomic mass is 10.1. The largest absolute Gasteiger partial charge is 0.394 e. The van der Waals surface area contributed by atoms with E-state index in [0.29, 0.717) is 10.0 Å². The summed E-state index contributed by atoms with van der Waals surface area (Å²) in [5.74, 6) is 0. The van der Waals surface area contributed by atoms with Gasteiger partial charge < -0.3 is 9.67 Å². The van der Waals surface area contributed by atoms with E-state index in [2.05, 4.69) is 26.6 Å². The molecule has 17 heavy (non-hydrogen) atoms. The summed E-state index contributed by atoms with van der Waals surface area (Å²) in [5, 5.41) is 11.5. The van der Waals surface area contributed by atoms with Gasteiger partial charge in [0.15, 0.2) is 0 Å². The molecule has 1 aliphatic heterocycles. The van der Waals surface area contributed by atoms with Gasteiger partial charge in [0.05, 0.1) is 28.2 Å². The monoisotopic (exact) mass is 333 g/mol. The van der Waals surface area contributed by atoms with E-state index in [-0.39, 0.29) is 12.6 Å². The van der Waals surface area contributed by atoms with E-state index in [4.69, 9.17) is 23.2 Å². The second kappa shape index (κ2) is 4.16. The van der Waals surface area contributed by atoms with Gasteiger partial charge in [0.2, 0.25) is 0 Å². The van der Waals surface area contributed by atoms with E-state index < -0.39 is 0 Å². The number of rotatable bonds is 1. The van der Waals surface area contributed by atoms with Crippen LogP contribution in [0.5, 0.6) is 0 Å². The Hall–Kier alpha value is -0.220. The van der Waals surface area contributed by atoms with Crippen molar-refractivity contribution in [2.45, 2.75) is 18.9 Å². The molecule has 90 valence electrons. The molecule has 1 aromatic heterocycles. The third-order valence-corrected chi connectivity index (χ3v) is 4.76. The first-order valence-electron chi connectivity index (χ1n) is 5.41. The molecule has 1 aromatic carbocycles. The Balaban J connectivity index is 2.39. The van der Waals surface area contributed by atoms with Gasteiger partial charge in [0.25, 0.3) is 0 Å². The van der Waals surface area contributed by atoms with Crippen LogP contribution in [-0.2, 0) is 6.42 Å². The first-order chi connectivity index (χ1) is 8.13. The van der Waals surface area contributed by atoms with Crippen molar-refractivity contribution >= 4 is 50.0 Å². The van der Waals surface area contributed by atoms with E-state index >= 15 is 0 Å². The van der Waals surface area contributed by atoms with Crippen molar-refractivity contribution in [2.75, 3.05) is 6.61 Å². The minimum absolute atomic E-state index is 0.149. The molecular weight excluding hydrogens is 325 g/mol. The quantitative estimate of drug-likeness (QED) is 0.777. The molecule has 0 saturated heterocycles. The van der Waals surface area contributed by atoms with Gasteiger partial charge in [-0.1, -0.05) is 23.2 Å². The second-order valence-corrected chi connectivity index (χ2v) is 5.94. The van der Waals surface area contributed by atoms with E-state index in [1.54, 1.807) is 0 Å². The lowest BCUT2D eigenvalue weighted by Gasteiger charge is -2.13. The van der Waals surface area contributed by atoms with Crippen molar-refractivity contribution in [3.05, 3.63) is 32.3 Å². The Kier molecular flexibility index (Phi) is 2.90. The summed E-state index contributed by atoms with van der Waals surface area (Å²) in [6.45, 7) is 0.156. The number of nitrogens with zero attached hydrogens (tertiary/aromatic N) is 1. The van der Waals surface area contributed by atoms with Gasteiger partial charge in [-0.05, 0) is 40.9 Å². The predicted molar refractivity (Wildman–Crippen MR) is 74.1 cm³/mol. The number of aliphatic hydroxyl groups is 1. The number of aryl methyl sites for hydroxylation is 1. The molecule has 1 atom stereocenters. The van der Waals surface area contributed by atoms with Crippen LogP contribution in [0.3, 0.4) is 0 Å². The molecular formula is C12H10BrCl2NO. The standard InChI is InChI=1S/C12H10BrCl2NO/c13-9-4-10(14)11(15)8-3-6-1-2-7(5-17)16(6)12(8)9/h3-4,7,17H,1-2,5H2. The zero-order valence-electron chi connectivity index (χ0n) is 8.88. The van der Waals surface area contributed by atoms with Crippen LogP contribution in [0.2, 0.25) is 10.0 Å². The Bertz CT molecular complexity index is 608. The maximum atomic E-state index is 9.41. The van der Waals surface area contributed by atoms with Crippen LogP contribution in [0.15, 0.2) is 16.6 Å². The van der Waals surface area contributed by atoms with Crippen molar-refractivity contribution in [3.63, 3.8) is 0 Å². The van der Waals surface area contributed by atoms with E-state index in [0.717, 1.165) is 28.2 Å². The van der Waals surface area contributed by atoms with Crippen LogP contribution in [0, 0.1) is 0 Å². The molecule has 1 N–H and O–H groups in total. The predicted octanol–water partition coefficient (Wildman–Crippen LogP) is 4.19. The van der Waals surface area contributed by atoms with Gasteiger partial charge >= 0.3 is 0 Å². The number of halogens is 3. The van der Waals surface area contributed by atoms with Crippen LogP contribution in [0.1, 0.15) is 18.2 Å². The average Bonchev–Trinajstić information content (AvgIpc) is 2.83.